The van der Waals surface area contributed by atoms with Crippen LogP contribution in [0.15, 0.2) is 42.7 Å². The number of nitrogens with zero attached hydrogens (tertiary/aromatic N) is 4. The predicted octanol–water partition coefficient (Wildman–Crippen LogP) is 3.66. The first kappa shape index (κ1) is 23.7. The summed E-state index contributed by atoms with van der Waals surface area (Å²) in [5.41, 5.74) is 2.35. The molecule has 9 nitrogen and oxygen atoms in total. The van der Waals surface area contributed by atoms with Crippen LogP contribution < -0.4 is 14.8 Å². The Morgan fingerprint density at radius 1 is 1.08 bits per heavy atom. The maximum Gasteiger partial charge on any atom is 0.320 e. The van der Waals surface area contributed by atoms with E-state index in [4.69, 9.17) is 20.6 Å². The van der Waals surface area contributed by atoms with Gasteiger partial charge >= 0.3 is 6.03 Å². The van der Waals surface area contributed by atoms with E-state index in [-0.39, 0.29) is 12.1 Å². The van der Waals surface area contributed by atoms with E-state index in [2.05, 4.69) is 21.2 Å². The van der Waals surface area contributed by atoms with Crippen LogP contribution in [-0.2, 0) is 4.74 Å². The number of hydrogen-bond donors (Lipinski definition) is 1. The molecule has 36 heavy (non-hydrogen) atoms. The molecule has 0 bridgehead atoms. The first-order valence-electron chi connectivity index (χ1n) is 12.1. The quantitative estimate of drug-likeness (QED) is 0.550. The molecule has 0 radical (unpaired) electrons. The number of urea groups is 1. The highest BCUT2D eigenvalue weighted by Crippen LogP contribution is 2.36. The summed E-state index contributed by atoms with van der Waals surface area (Å²) < 4.78 is 17.4. The van der Waals surface area contributed by atoms with Gasteiger partial charge in [-0.05, 0) is 24.3 Å². The number of morpholine rings is 1. The second-order valence-corrected chi connectivity index (χ2v) is 8.78. The summed E-state index contributed by atoms with van der Waals surface area (Å²) in [4.78, 5) is 25.4. The molecule has 2 fully saturated rings. The van der Waals surface area contributed by atoms with Crippen molar-refractivity contribution >= 4 is 28.4 Å². The lowest BCUT2D eigenvalue weighted by Gasteiger charge is -2.37. The molecule has 1 aromatic heterocycles. The van der Waals surface area contributed by atoms with Crippen LogP contribution in [0.5, 0.6) is 11.5 Å². The Balaban J connectivity index is 1.32. The van der Waals surface area contributed by atoms with Crippen LogP contribution in [-0.4, -0.2) is 78.4 Å². The van der Waals surface area contributed by atoms with Crippen molar-refractivity contribution in [1.82, 2.24) is 19.8 Å². The zero-order valence-electron chi connectivity index (χ0n) is 20.3. The van der Waals surface area contributed by atoms with E-state index in [0.29, 0.717) is 56.7 Å². The van der Waals surface area contributed by atoms with Gasteiger partial charge in [0.1, 0.15) is 18.2 Å². The minimum absolute atomic E-state index is 0.0292. The van der Waals surface area contributed by atoms with Crippen LogP contribution in [0.25, 0.3) is 10.9 Å². The van der Waals surface area contributed by atoms with Crippen LogP contribution >= 0.6 is 0 Å². The normalized spacial score (nSPS) is 16.4. The van der Waals surface area contributed by atoms with Gasteiger partial charge in [0.25, 0.3) is 0 Å². The maximum absolute atomic E-state index is 12.8. The Morgan fingerprint density at radius 3 is 2.61 bits per heavy atom. The molecule has 0 atom stereocenters. The van der Waals surface area contributed by atoms with Crippen molar-refractivity contribution in [2.24, 2.45) is 0 Å². The number of aromatic nitrogens is 2. The third kappa shape index (κ3) is 5.14. The summed E-state index contributed by atoms with van der Waals surface area (Å²) in [6.45, 7) is 3.80. The molecule has 1 N–H and O–H groups in total. The number of hydrogen-bond acceptors (Lipinski definition) is 7. The zero-order chi connectivity index (χ0) is 24.9. The number of benzene rings is 2. The first-order chi connectivity index (χ1) is 17.6. The average molecular weight is 488 g/mol. The number of piperidine rings is 1. The van der Waals surface area contributed by atoms with Crippen molar-refractivity contribution in [3.05, 3.63) is 48.3 Å². The van der Waals surface area contributed by atoms with Gasteiger partial charge in [-0.2, -0.15) is 0 Å². The highest BCUT2D eigenvalue weighted by atomic mass is 16.5. The van der Waals surface area contributed by atoms with Crippen molar-refractivity contribution in [3.8, 4) is 23.8 Å². The lowest BCUT2D eigenvalue weighted by atomic mass is 10.1. The molecule has 0 saturated carbocycles. The van der Waals surface area contributed by atoms with Gasteiger partial charge in [-0.15, -0.1) is 6.42 Å². The molecular weight excluding hydrogens is 458 g/mol. The van der Waals surface area contributed by atoms with E-state index < -0.39 is 0 Å². The van der Waals surface area contributed by atoms with Gasteiger partial charge in [-0.3, -0.25) is 0 Å². The summed E-state index contributed by atoms with van der Waals surface area (Å²) in [7, 11) is 1.61. The van der Waals surface area contributed by atoms with Crippen molar-refractivity contribution in [3.63, 3.8) is 0 Å². The number of terminal acetylenes is 1. The summed E-state index contributed by atoms with van der Waals surface area (Å²) in [6, 6.07) is 11.4. The summed E-state index contributed by atoms with van der Waals surface area (Å²) in [5, 5.41) is 4.14. The standard InChI is InChI=1S/C27H29N5O4/c1-3-19-5-4-6-20(15-19)30-26-22-16-25(24(34-2)17-23(22)28-18-29-26)36-21-7-9-31(10-8-21)27(33)32-11-13-35-14-12-32/h1,4-6,15-18,21H,7-14H2,2H3,(H,28,29,30). The molecule has 186 valence electrons. The molecule has 0 spiro atoms. The number of carbonyl (C=O) groups excluding carboxylic acids is 1. The summed E-state index contributed by atoms with van der Waals surface area (Å²) in [5.74, 6) is 4.52. The van der Waals surface area contributed by atoms with Gasteiger partial charge in [-0.25, -0.2) is 14.8 Å². The van der Waals surface area contributed by atoms with E-state index in [1.165, 1.54) is 6.33 Å². The van der Waals surface area contributed by atoms with E-state index in [1.54, 1.807) is 7.11 Å². The van der Waals surface area contributed by atoms with Gasteiger partial charge in [0, 0.05) is 61.7 Å². The van der Waals surface area contributed by atoms with Gasteiger partial charge in [0.2, 0.25) is 0 Å². The van der Waals surface area contributed by atoms with Crippen molar-refractivity contribution in [1.29, 1.82) is 0 Å². The van der Waals surface area contributed by atoms with Crippen molar-refractivity contribution in [2.75, 3.05) is 51.8 Å². The SMILES string of the molecule is C#Cc1cccc(Nc2ncnc3cc(OC)c(OC4CCN(C(=O)N5CCOCC5)CC4)cc23)c1. The molecule has 2 aliphatic rings. The Bertz CT molecular complexity index is 1280. The minimum atomic E-state index is -0.0292. The monoisotopic (exact) mass is 487 g/mol. The Kier molecular flexibility index (Phi) is 7.05. The van der Waals surface area contributed by atoms with E-state index in [0.717, 1.165) is 35.0 Å². The van der Waals surface area contributed by atoms with Crippen LogP contribution in [0.1, 0.15) is 18.4 Å². The van der Waals surface area contributed by atoms with Crippen LogP contribution in [0.4, 0.5) is 16.3 Å². The third-order valence-corrected chi connectivity index (χ3v) is 6.50. The number of anilines is 2. The number of amides is 2. The lowest BCUT2D eigenvalue weighted by Crippen LogP contribution is -2.51. The number of carbonyl (C=O) groups is 1. The molecule has 5 rings (SSSR count). The minimum Gasteiger partial charge on any atom is -0.493 e. The number of nitrogens with one attached hydrogen (secondary N) is 1. The predicted molar refractivity (Wildman–Crippen MR) is 137 cm³/mol. The van der Waals surface area contributed by atoms with Crippen LogP contribution in [0, 0.1) is 12.3 Å². The topological polar surface area (TPSA) is 89.1 Å². The molecule has 2 aromatic carbocycles. The molecule has 0 aliphatic carbocycles. The maximum atomic E-state index is 12.8. The lowest BCUT2D eigenvalue weighted by molar-refractivity contribution is 0.0359. The van der Waals surface area contributed by atoms with E-state index >= 15 is 0 Å². The highest BCUT2D eigenvalue weighted by Gasteiger charge is 2.28. The molecule has 2 aliphatic heterocycles. The number of methoxy groups -OCH3 is 1. The summed E-state index contributed by atoms with van der Waals surface area (Å²) in [6.07, 6.45) is 8.51. The Hall–Kier alpha value is -4.03. The molecule has 3 aromatic rings. The molecule has 9 heteroatoms. The largest absolute Gasteiger partial charge is 0.493 e. The molecule has 2 amide bonds. The average Bonchev–Trinajstić information content (AvgIpc) is 2.93. The van der Waals surface area contributed by atoms with Gasteiger partial charge in [0.05, 0.1) is 25.8 Å². The fourth-order valence-corrected chi connectivity index (χ4v) is 4.54. The molecule has 3 heterocycles. The van der Waals surface area contributed by atoms with Crippen molar-refractivity contribution < 1.29 is 19.0 Å². The Labute approximate surface area is 210 Å². The molecular formula is C27H29N5O4. The van der Waals surface area contributed by atoms with E-state index in [1.807, 2.05) is 46.2 Å². The highest BCUT2D eigenvalue weighted by molar-refractivity contribution is 5.93. The zero-order valence-corrected chi connectivity index (χ0v) is 20.3. The van der Waals surface area contributed by atoms with Gasteiger partial charge in [0.15, 0.2) is 11.5 Å². The number of fused-ring (bicyclic) bond motifs is 1. The van der Waals surface area contributed by atoms with Crippen LogP contribution in [0.2, 0.25) is 0 Å². The molecule has 0 unspecified atom stereocenters. The van der Waals surface area contributed by atoms with E-state index in [9.17, 15) is 4.79 Å². The third-order valence-electron chi connectivity index (χ3n) is 6.50. The van der Waals surface area contributed by atoms with Crippen molar-refractivity contribution in [2.45, 2.75) is 18.9 Å². The smallest absolute Gasteiger partial charge is 0.320 e. The second-order valence-electron chi connectivity index (χ2n) is 8.78. The second kappa shape index (κ2) is 10.7. The number of ether oxygens (including phenoxy) is 3. The fourth-order valence-electron chi connectivity index (χ4n) is 4.54. The Morgan fingerprint density at radius 2 is 1.86 bits per heavy atom. The number of likely N-dealkylation sites (tertiary alicyclic amines) is 1. The van der Waals surface area contributed by atoms with Gasteiger partial charge in [-0.1, -0.05) is 12.0 Å². The van der Waals surface area contributed by atoms with Crippen LogP contribution in [0.3, 0.4) is 0 Å². The number of rotatable bonds is 5. The fraction of sp³-hybridized carbons (Fsp3) is 0.370. The first-order valence-corrected chi connectivity index (χ1v) is 12.1. The molecule has 2 saturated heterocycles. The van der Waals surface area contributed by atoms with Gasteiger partial charge < -0.3 is 29.3 Å². The summed E-state index contributed by atoms with van der Waals surface area (Å²) >= 11 is 0.